The number of esters is 1. The third-order valence-electron chi connectivity index (χ3n) is 4.95. The Hall–Kier alpha value is -2.52. The van der Waals surface area contributed by atoms with Crippen molar-refractivity contribution < 1.29 is 23.9 Å². The Morgan fingerprint density at radius 1 is 1.08 bits per heavy atom. The van der Waals surface area contributed by atoms with E-state index in [1.54, 1.807) is 24.3 Å². The number of cyclic esters (lactones) is 1. The van der Waals surface area contributed by atoms with Gasteiger partial charge in [0.1, 0.15) is 6.61 Å². The van der Waals surface area contributed by atoms with Crippen molar-refractivity contribution in [3.63, 3.8) is 0 Å². The summed E-state index contributed by atoms with van der Waals surface area (Å²) in [5, 5.41) is 10.9. The van der Waals surface area contributed by atoms with Crippen LogP contribution in [0.3, 0.4) is 0 Å². The second-order valence-corrected chi connectivity index (χ2v) is 10.6. The van der Waals surface area contributed by atoms with Crippen LogP contribution in [0.2, 0.25) is 0 Å². The quantitative estimate of drug-likeness (QED) is 0.0814. The van der Waals surface area contributed by atoms with Crippen LogP contribution < -0.4 is 9.47 Å². The topological polar surface area (TPSA) is 100 Å². The van der Waals surface area contributed by atoms with Gasteiger partial charge in [0.2, 0.25) is 5.90 Å². The molecule has 0 unspecified atom stereocenters. The molecule has 0 aliphatic carbocycles. The van der Waals surface area contributed by atoms with E-state index in [2.05, 4.69) is 66.1 Å². The normalized spacial score (nSPS) is 13.9. The van der Waals surface area contributed by atoms with Gasteiger partial charge in [0, 0.05) is 25.7 Å². The van der Waals surface area contributed by atoms with Gasteiger partial charge >= 0.3 is 5.97 Å². The predicted molar refractivity (Wildman–Crippen MR) is 155 cm³/mol. The molecular weight excluding hydrogens is 758 g/mol. The van der Waals surface area contributed by atoms with E-state index in [1.807, 2.05) is 31.2 Å². The highest BCUT2D eigenvalue weighted by Gasteiger charge is 2.25. The number of nitrogens with zero attached hydrogens (tertiary/aromatic N) is 2. The number of hydrogen-bond acceptors (Lipinski definition) is 7. The number of ether oxygens (including phenoxy) is 3. The summed E-state index contributed by atoms with van der Waals surface area (Å²) in [5.41, 5.74) is 2.37. The molecule has 1 aliphatic heterocycles. The van der Waals surface area contributed by atoms with E-state index in [9.17, 15) is 14.9 Å². The maximum Gasteiger partial charge on any atom is 0.363 e. The number of nitro benzene ring substituents is 1. The van der Waals surface area contributed by atoms with Gasteiger partial charge in [0.25, 0.3) is 5.69 Å². The highest BCUT2D eigenvalue weighted by molar-refractivity contribution is 14.1. The summed E-state index contributed by atoms with van der Waals surface area (Å²) in [6, 6.07) is 15.4. The zero-order valence-electron chi connectivity index (χ0n) is 18.7. The number of rotatable bonds is 8. The number of benzene rings is 3. The summed E-state index contributed by atoms with van der Waals surface area (Å²) >= 11 is 7.82. The van der Waals surface area contributed by atoms with Gasteiger partial charge in [0.15, 0.2) is 17.2 Å². The molecule has 3 aromatic carbocycles. The molecule has 11 heteroatoms. The first-order valence-electron chi connectivity index (χ1n) is 10.6. The van der Waals surface area contributed by atoms with E-state index in [0.717, 1.165) is 17.2 Å². The van der Waals surface area contributed by atoms with E-state index < -0.39 is 10.9 Å². The van der Waals surface area contributed by atoms with Crippen LogP contribution in [0.25, 0.3) is 6.08 Å². The average molecular weight is 775 g/mol. The highest BCUT2D eigenvalue weighted by Crippen LogP contribution is 2.36. The number of aliphatic imine (C=N–C) groups is 1. The molecule has 0 N–H and O–H groups in total. The first kappa shape index (κ1) is 26.5. The Labute approximate surface area is 242 Å². The van der Waals surface area contributed by atoms with Crippen LogP contribution in [0.5, 0.6) is 11.5 Å². The van der Waals surface area contributed by atoms with Gasteiger partial charge in [-0.2, -0.15) is 0 Å². The molecule has 8 nitrogen and oxygen atoms in total. The van der Waals surface area contributed by atoms with Gasteiger partial charge in [-0.05, 0) is 128 Å². The van der Waals surface area contributed by atoms with Crippen molar-refractivity contribution in [3.05, 3.63) is 98.7 Å². The van der Waals surface area contributed by atoms with Crippen molar-refractivity contribution in [1.82, 2.24) is 0 Å². The third kappa shape index (κ3) is 6.24. The standard InChI is InChI=1S/C25H17BrI2N2O6/c1-2-34-22-11-15(9-20(28)23(22)35-13-14-3-6-17(7-4-14)30(32)33)10-21-25(31)36-24(29-21)16-5-8-19(27)18(26)12-16/h3-12H,2,13H2,1H3/b21-10-. The van der Waals surface area contributed by atoms with Gasteiger partial charge in [0.05, 0.1) is 15.1 Å². The molecule has 36 heavy (non-hydrogen) atoms. The molecule has 1 aliphatic rings. The van der Waals surface area contributed by atoms with E-state index >= 15 is 0 Å². The van der Waals surface area contributed by atoms with Crippen molar-refractivity contribution >= 4 is 84.7 Å². The minimum Gasteiger partial charge on any atom is -0.490 e. The first-order chi connectivity index (χ1) is 17.2. The predicted octanol–water partition coefficient (Wildman–Crippen LogP) is 6.89. The molecule has 0 saturated heterocycles. The highest BCUT2D eigenvalue weighted by atomic mass is 127. The minimum atomic E-state index is -0.536. The van der Waals surface area contributed by atoms with Crippen LogP contribution in [0, 0.1) is 17.3 Å². The zero-order valence-corrected chi connectivity index (χ0v) is 24.6. The van der Waals surface area contributed by atoms with Crippen molar-refractivity contribution in [1.29, 1.82) is 0 Å². The number of nitro groups is 1. The second-order valence-electron chi connectivity index (χ2n) is 7.44. The number of carbonyl (C=O) groups is 1. The van der Waals surface area contributed by atoms with Gasteiger partial charge in [-0.1, -0.05) is 0 Å². The molecule has 0 atom stereocenters. The average Bonchev–Trinajstić information content (AvgIpc) is 3.20. The van der Waals surface area contributed by atoms with Gasteiger partial charge in [-0.15, -0.1) is 0 Å². The summed E-state index contributed by atoms with van der Waals surface area (Å²) in [7, 11) is 0. The third-order valence-corrected chi connectivity index (χ3v) is 8.09. The largest absolute Gasteiger partial charge is 0.490 e. The van der Waals surface area contributed by atoms with Crippen molar-refractivity contribution in [2.45, 2.75) is 13.5 Å². The molecule has 0 radical (unpaired) electrons. The lowest BCUT2D eigenvalue weighted by Gasteiger charge is -2.15. The summed E-state index contributed by atoms with van der Waals surface area (Å²) in [6.45, 7) is 2.48. The minimum absolute atomic E-state index is 0.0200. The maximum absolute atomic E-state index is 12.5. The van der Waals surface area contributed by atoms with Gasteiger partial charge in [-0.3, -0.25) is 10.1 Å². The van der Waals surface area contributed by atoms with Crippen LogP contribution in [0.4, 0.5) is 5.69 Å². The molecule has 0 spiro atoms. The fourth-order valence-electron chi connectivity index (χ4n) is 3.26. The Balaban J connectivity index is 1.58. The van der Waals surface area contributed by atoms with Crippen LogP contribution in [0.1, 0.15) is 23.6 Å². The summed E-state index contributed by atoms with van der Waals surface area (Å²) < 4.78 is 19.9. The smallest absolute Gasteiger partial charge is 0.363 e. The molecule has 0 saturated carbocycles. The number of hydrogen-bond donors (Lipinski definition) is 0. The molecule has 1 heterocycles. The summed E-state index contributed by atoms with van der Waals surface area (Å²) in [5.74, 6) is 0.757. The van der Waals surface area contributed by atoms with Crippen molar-refractivity contribution in [3.8, 4) is 11.5 Å². The molecule has 0 amide bonds. The van der Waals surface area contributed by atoms with Gasteiger partial charge in [-0.25, -0.2) is 9.79 Å². The van der Waals surface area contributed by atoms with Crippen LogP contribution in [-0.4, -0.2) is 23.4 Å². The summed E-state index contributed by atoms with van der Waals surface area (Å²) in [6.07, 6.45) is 1.64. The van der Waals surface area contributed by atoms with E-state index in [4.69, 9.17) is 14.2 Å². The van der Waals surface area contributed by atoms with Crippen LogP contribution in [-0.2, 0) is 16.1 Å². The summed E-state index contributed by atoms with van der Waals surface area (Å²) in [4.78, 5) is 27.3. The lowest BCUT2D eigenvalue weighted by atomic mass is 10.1. The SMILES string of the molecule is CCOc1cc(/C=C2\N=C(c3ccc(I)c(Br)c3)OC2=O)cc(I)c1OCc1ccc([N+](=O)[O-])cc1. The van der Waals surface area contributed by atoms with Crippen LogP contribution in [0.15, 0.2) is 69.8 Å². The van der Waals surface area contributed by atoms with Crippen molar-refractivity contribution in [2.24, 2.45) is 4.99 Å². The second kappa shape index (κ2) is 11.7. The lowest BCUT2D eigenvalue weighted by molar-refractivity contribution is -0.384. The molecule has 0 fully saturated rings. The van der Waals surface area contributed by atoms with Crippen molar-refractivity contribution in [2.75, 3.05) is 6.61 Å². The fourth-order valence-corrected chi connectivity index (χ4v) is 4.76. The maximum atomic E-state index is 12.5. The number of halogens is 3. The van der Waals surface area contributed by atoms with E-state index in [-0.39, 0.29) is 23.9 Å². The number of non-ortho nitro benzene ring substituents is 1. The number of carbonyl (C=O) groups excluding carboxylic acids is 1. The Kier molecular flexibility index (Phi) is 8.62. The van der Waals surface area contributed by atoms with E-state index in [0.29, 0.717) is 29.2 Å². The zero-order chi connectivity index (χ0) is 25.8. The molecule has 184 valence electrons. The lowest BCUT2D eigenvalue weighted by Crippen LogP contribution is -2.05. The first-order valence-corrected chi connectivity index (χ1v) is 13.5. The monoisotopic (exact) mass is 774 g/mol. The fraction of sp³-hybridized carbons (Fsp3) is 0.120. The molecule has 0 bridgehead atoms. The molecule has 4 rings (SSSR count). The van der Waals surface area contributed by atoms with Crippen LogP contribution >= 0.6 is 61.1 Å². The molecular formula is C25H17BrI2N2O6. The van der Waals surface area contributed by atoms with Gasteiger partial charge < -0.3 is 14.2 Å². The Morgan fingerprint density at radius 2 is 1.83 bits per heavy atom. The van der Waals surface area contributed by atoms with E-state index in [1.165, 1.54) is 12.1 Å². The molecule has 3 aromatic rings. The molecule has 0 aromatic heterocycles. The Morgan fingerprint density at radius 3 is 2.50 bits per heavy atom. The Bertz CT molecular complexity index is 1410.